The Bertz CT molecular complexity index is 285. The molecule has 1 heterocycles. The largest absolute Gasteiger partial charge is 0.394 e. The summed E-state index contributed by atoms with van der Waals surface area (Å²) in [5.41, 5.74) is 0. The first-order valence-electron chi connectivity index (χ1n) is 4.10. The minimum Gasteiger partial charge on any atom is -0.394 e. The van der Waals surface area contributed by atoms with Crippen LogP contribution in [0, 0.1) is 0 Å². The highest BCUT2D eigenvalue weighted by Crippen LogP contribution is 2.09. The first kappa shape index (κ1) is 11.2. The topological polar surface area (TPSA) is 67.3 Å². The van der Waals surface area contributed by atoms with Gasteiger partial charge in [0.15, 0.2) is 0 Å². The SMILES string of the molecule is COCC(CO)Nc1cc(Cl)ncn1. The van der Waals surface area contributed by atoms with Crippen LogP contribution in [0.1, 0.15) is 0 Å². The van der Waals surface area contributed by atoms with Crippen molar-refractivity contribution >= 4 is 17.4 Å². The molecular formula is C8H12ClN3O2. The van der Waals surface area contributed by atoms with Crippen molar-refractivity contribution < 1.29 is 9.84 Å². The van der Waals surface area contributed by atoms with Crippen molar-refractivity contribution in [3.05, 3.63) is 17.5 Å². The second-order valence-corrected chi connectivity index (χ2v) is 3.09. The molecule has 0 aliphatic carbocycles. The lowest BCUT2D eigenvalue weighted by Gasteiger charge is -2.15. The number of methoxy groups -OCH3 is 1. The van der Waals surface area contributed by atoms with Crippen molar-refractivity contribution in [3.8, 4) is 0 Å². The third-order valence-electron chi connectivity index (χ3n) is 1.57. The van der Waals surface area contributed by atoms with Crippen molar-refractivity contribution in [1.82, 2.24) is 9.97 Å². The van der Waals surface area contributed by atoms with E-state index in [1.165, 1.54) is 6.33 Å². The smallest absolute Gasteiger partial charge is 0.134 e. The van der Waals surface area contributed by atoms with Gasteiger partial charge in [-0.15, -0.1) is 0 Å². The normalized spacial score (nSPS) is 12.5. The van der Waals surface area contributed by atoms with Gasteiger partial charge in [-0.1, -0.05) is 11.6 Å². The summed E-state index contributed by atoms with van der Waals surface area (Å²) >= 11 is 5.66. The second kappa shape index (κ2) is 5.74. The molecule has 0 fully saturated rings. The van der Waals surface area contributed by atoms with Crippen molar-refractivity contribution in [2.45, 2.75) is 6.04 Å². The number of nitrogens with zero attached hydrogens (tertiary/aromatic N) is 2. The summed E-state index contributed by atoms with van der Waals surface area (Å²) in [7, 11) is 1.57. The lowest BCUT2D eigenvalue weighted by molar-refractivity contribution is 0.153. The Morgan fingerprint density at radius 1 is 1.64 bits per heavy atom. The number of hydrogen-bond acceptors (Lipinski definition) is 5. The number of anilines is 1. The zero-order valence-electron chi connectivity index (χ0n) is 7.77. The Balaban J connectivity index is 2.57. The van der Waals surface area contributed by atoms with Gasteiger partial charge in [0.05, 0.1) is 19.3 Å². The molecule has 1 aromatic heterocycles. The number of aliphatic hydroxyl groups is 1. The highest BCUT2D eigenvalue weighted by Gasteiger charge is 2.07. The van der Waals surface area contributed by atoms with Gasteiger partial charge in [0.25, 0.3) is 0 Å². The van der Waals surface area contributed by atoms with Gasteiger partial charge in [-0.05, 0) is 0 Å². The van der Waals surface area contributed by atoms with E-state index in [9.17, 15) is 0 Å². The van der Waals surface area contributed by atoms with Crippen molar-refractivity contribution in [2.24, 2.45) is 0 Å². The maximum atomic E-state index is 8.97. The molecule has 5 nitrogen and oxygen atoms in total. The van der Waals surface area contributed by atoms with Crippen LogP contribution in [0.3, 0.4) is 0 Å². The van der Waals surface area contributed by atoms with Crippen LogP contribution in [0.2, 0.25) is 5.15 Å². The Morgan fingerprint density at radius 2 is 2.43 bits per heavy atom. The summed E-state index contributed by atoms with van der Waals surface area (Å²) in [6.07, 6.45) is 1.35. The number of aromatic nitrogens is 2. The number of halogens is 1. The molecule has 0 saturated heterocycles. The number of aliphatic hydroxyl groups excluding tert-OH is 1. The molecule has 1 atom stereocenters. The van der Waals surface area contributed by atoms with Crippen LogP contribution in [0.4, 0.5) is 5.82 Å². The average molecular weight is 218 g/mol. The molecule has 0 saturated carbocycles. The second-order valence-electron chi connectivity index (χ2n) is 2.71. The fraction of sp³-hybridized carbons (Fsp3) is 0.500. The fourth-order valence-electron chi connectivity index (χ4n) is 0.963. The molecule has 14 heavy (non-hydrogen) atoms. The molecule has 0 amide bonds. The number of hydrogen-bond donors (Lipinski definition) is 2. The van der Waals surface area contributed by atoms with Gasteiger partial charge in [0.2, 0.25) is 0 Å². The van der Waals surface area contributed by atoms with E-state index in [4.69, 9.17) is 21.4 Å². The first-order valence-corrected chi connectivity index (χ1v) is 4.48. The van der Waals surface area contributed by atoms with E-state index in [0.717, 1.165) is 0 Å². The highest BCUT2D eigenvalue weighted by molar-refractivity contribution is 6.29. The van der Waals surface area contributed by atoms with E-state index in [1.807, 2.05) is 0 Å². The van der Waals surface area contributed by atoms with Crippen LogP contribution in [0.15, 0.2) is 12.4 Å². The van der Waals surface area contributed by atoms with Gasteiger partial charge in [-0.25, -0.2) is 9.97 Å². The third-order valence-corrected chi connectivity index (χ3v) is 1.78. The third kappa shape index (κ3) is 3.45. The van der Waals surface area contributed by atoms with E-state index in [0.29, 0.717) is 17.6 Å². The van der Waals surface area contributed by atoms with Crippen molar-refractivity contribution in [2.75, 3.05) is 25.6 Å². The molecule has 1 aromatic rings. The Labute approximate surface area is 87.1 Å². The van der Waals surface area contributed by atoms with Crippen molar-refractivity contribution in [3.63, 3.8) is 0 Å². The molecule has 0 aliphatic rings. The van der Waals surface area contributed by atoms with Crippen LogP contribution in [0.25, 0.3) is 0 Å². The molecule has 78 valence electrons. The molecule has 0 aromatic carbocycles. The highest BCUT2D eigenvalue weighted by atomic mass is 35.5. The van der Waals surface area contributed by atoms with Crippen LogP contribution in [-0.4, -0.2) is 41.4 Å². The summed E-state index contributed by atoms with van der Waals surface area (Å²) in [6.45, 7) is 0.369. The maximum Gasteiger partial charge on any atom is 0.134 e. The van der Waals surface area contributed by atoms with Crippen LogP contribution in [-0.2, 0) is 4.74 Å². The van der Waals surface area contributed by atoms with E-state index in [-0.39, 0.29) is 12.6 Å². The summed E-state index contributed by atoms with van der Waals surface area (Å²) in [4.78, 5) is 7.68. The van der Waals surface area contributed by atoms with Crippen LogP contribution < -0.4 is 5.32 Å². The van der Waals surface area contributed by atoms with E-state index in [2.05, 4.69) is 15.3 Å². The maximum absolute atomic E-state index is 8.97. The van der Waals surface area contributed by atoms with Gasteiger partial charge in [-0.3, -0.25) is 0 Å². The molecule has 6 heteroatoms. The Hall–Kier alpha value is -0.910. The number of ether oxygens (including phenoxy) is 1. The fourth-order valence-corrected chi connectivity index (χ4v) is 1.11. The average Bonchev–Trinajstić information content (AvgIpc) is 2.17. The first-order chi connectivity index (χ1) is 6.76. The predicted octanol–water partition coefficient (Wildman–Crippen LogP) is 0.549. The van der Waals surface area contributed by atoms with Crippen molar-refractivity contribution in [1.29, 1.82) is 0 Å². The standard InChI is InChI=1S/C8H12ClN3O2/c1-14-4-6(3-13)12-8-2-7(9)10-5-11-8/h2,5-6,13H,3-4H2,1H3,(H,10,11,12). The number of nitrogens with one attached hydrogen (secondary N) is 1. The molecule has 0 radical (unpaired) electrons. The van der Waals surface area contributed by atoms with Crippen LogP contribution >= 0.6 is 11.6 Å². The quantitative estimate of drug-likeness (QED) is 0.705. The van der Waals surface area contributed by atoms with Gasteiger partial charge >= 0.3 is 0 Å². The van der Waals surface area contributed by atoms with Gasteiger partial charge in [0, 0.05) is 13.2 Å². The lowest BCUT2D eigenvalue weighted by Crippen LogP contribution is -2.29. The summed E-state index contributed by atoms with van der Waals surface area (Å²) < 4.78 is 4.90. The molecule has 2 N–H and O–H groups in total. The Kier molecular flexibility index (Phi) is 4.58. The zero-order chi connectivity index (χ0) is 10.4. The monoisotopic (exact) mass is 217 g/mol. The van der Waals surface area contributed by atoms with Crippen LogP contribution in [0.5, 0.6) is 0 Å². The molecule has 1 rings (SSSR count). The zero-order valence-corrected chi connectivity index (χ0v) is 8.53. The van der Waals surface area contributed by atoms with E-state index < -0.39 is 0 Å². The number of rotatable bonds is 5. The molecule has 1 unspecified atom stereocenters. The minimum atomic E-state index is -0.189. The minimum absolute atomic E-state index is 0.0323. The van der Waals surface area contributed by atoms with E-state index >= 15 is 0 Å². The molecule has 0 spiro atoms. The summed E-state index contributed by atoms with van der Waals surface area (Å²) in [6, 6.07) is 1.39. The van der Waals surface area contributed by atoms with E-state index in [1.54, 1.807) is 13.2 Å². The molecule has 0 aliphatic heterocycles. The molecular weight excluding hydrogens is 206 g/mol. The predicted molar refractivity (Wildman–Crippen MR) is 53.4 cm³/mol. The lowest BCUT2D eigenvalue weighted by atomic mass is 10.3. The van der Waals surface area contributed by atoms with Gasteiger partial charge in [-0.2, -0.15) is 0 Å². The summed E-state index contributed by atoms with van der Waals surface area (Å²) in [5.74, 6) is 0.570. The van der Waals surface area contributed by atoms with Gasteiger partial charge < -0.3 is 15.2 Å². The summed E-state index contributed by atoms with van der Waals surface area (Å²) in [5, 5.41) is 12.3. The molecule has 0 bridgehead atoms. The Morgan fingerprint density at radius 3 is 3.00 bits per heavy atom. The van der Waals surface area contributed by atoms with Gasteiger partial charge in [0.1, 0.15) is 17.3 Å².